The number of amides is 1. The summed E-state index contributed by atoms with van der Waals surface area (Å²) < 4.78 is 11.5. The van der Waals surface area contributed by atoms with Crippen molar-refractivity contribution in [2.75, 3.05) is 12.0 Å². The number of carbonyl (C=O) groups excluding carboxylic acids is 1. The molecular weight excluding hydrogens is 288 g/mol. The Labute approximate surface area is 125 Å². The minimum Gasteiger partial charge on any atom is -0.497 e. The Morgan fingerprint density at radius 1 is 1.43 bits per heavy atom. The van der Waals surface area contributed by atoms with Gasteiger partial charge in [0.05, 0.1) is 30.1 Å². The molecule has 2 heterocycles. The van der Waals surface area contributed by atoms with E-state index in [4.69, 9.17) is 9.15 Å². The molecule has 6 heteroatoms. The fourth-order valence-corrected chi connectivity index (χ4v) is 3.04. The summed E-state index contributed by atoms with van der Waals surface area (Å²) in [6, 6.07) is 9.31. The number of furan rings is 1. The predicted octanol–water partition coefficient (Wildman–Crippen LogP) is 3.45. The van der Waals surface area contributed by atoms with E-state index in [0.717, 1.165) is 21.7 Å². The molecule has 2 aromatic heterocycles. The van der Waals surface area contributed by atoms with Crippen molar-refractivity contribution in [2.45, 2.75) is 13.5 Å². The number of aromatic nitrogens is 1. The van der Waals surface area contributed by atoms with E-state index in [-0.39, 0.29) is 5.91 Å². The lowest BCUT2D eigenvalue weighted by molar-refractivity contribution is -0.116. The van der Waals surface area contributed by atoms with Crippen LogP contribution in [0.1, 0.15) is 12.7 Å². The Bertz CT molecular complexity index is 764. The van der Waals surface area contributed by atoms with Crippen molar-refractivity contribution in [3.63, 3.8) is 0 Å². The molecule has 108 valence electrons. The second-order valence-corrected chi connectivity index (χ2v) is 5.52. The molecule has 1 amide bonds. The van der Waals surface area contributed by atoms with Gasteiger partial charge in [-0.3, -0.25) is 9.69 Å². The highest BCUT2D eigenvalue weighted by Crippen LogP contribution is 2.32. The Morgan fingerprint density at radius 3 is 2.95 bits per heavy atom. The fraction of sp³-hybridized carbons (Fsp3) is 0.200. The highest BCUT2D eigenvalue weighted by Gasteiger charge is 2.18. The molecule has 0 radical (unpaired) electrons. The number of nitrogens with zero attached hydrogens (tertiary/aromatic N) is 2. The topological polar surface area (TPSA) is 55.6 Å². The van der Waals surface area contributed by atoms with E-state index >= 15 is 0 Å². The van der Waals surface area contributed by atoms with E-state index in [9.17, 15) is 4.79 Å². The summed E-state index contributed by atoms with van der Waals surface area (Å²) in [4.78, 5) is 18.0. The van der Waals surface area contributed by atoms with E-state index in [1.54, 1.807) is 24.3 Å². The standard InChI is InChI=1S/C15H14N2O3S/c1-10(18)17(9-12-4-3-7-20-12)15-16-13-6-5-11(19-2)8-14(13)21-15/h3-8H,9H2,1-2H3. The molecular formula is C15H14N2O3S. The SMILES string of the molecule is COc1ccc2nc(N(Cc3ccco3)C(C)=O)sc2c1. The monoisotopic (exact) mass is 302 g/mol. The number of anilines is 1. The Hall–Kier alpha value is -2.34. The molecule has 0 aliphatic rings. The number of hydrogen-bond donors (Lipinski definition) is 0. The molecule has 0 N–H and O–H groups in total. The van der Waals surface area contributed by atoms with Crippen LogP contribution < -0.4 is 9.64 Å². The molecule has 1 aromatic carbocycles. The summed E-state index contributed by atoms with van der Waals surface area (Å²) in [7, 11) is 1.63. The van der Waals surface area contributed by atoms with Crippen molar-refractivity contribution in [2.24, 2.45) is 0 Å². The number of methoxy groups -OCH3 is 1. The molecule has 0 unspecified atom stereocenters. The minimum absolute atomic E-state index is 0.0718. The number of rotatable bonds is 4. The van der Waals surface area contributed by atoms with Crippen LogP contribution in [0.25, 0.3) is 10.2 Å². The van der Waals surface area contributed by atoms with Crippen molar-refractivity contribution < 1.29 is 13.9 Å². The quantitative estimate of drug-likeness (QED) is 0.740. The van der Waals surface area contributed by atoms with Gasteiger partial charge in [-0.25, -0.2) is 4.98 Å². The predicted molar refractivity (Wildman–Crippen MR) is 81.7 cm³/mol. The van der Waals surface area contributed by atoms with Crippen molar-refractivity contribution in [1.82, 2.24) is 4.98 Å². The largest absolute Gasteiger partial charge is 0.497 e. The molecule has 5 nitrogen and oxygen atoms in total. The lowest BCUT2D eigenvalue weighted by Crippen LogP contribution is -2.27. The van der Waals surface area contributed by atoms with Gasteiger partial charge < -0.3 is 9.15 Å². The van der Waals surface area contributed by atoms with E-state index in [1.807, 2.05) is 24.3 Å². The van der Waals surface area contributed by atoms with Crippen LogP contribution in [0.15, 0.2) is 41.0 Å². The summed E-state index contributed by atoms with van der Waals surface area (Å²) in [5.74, 6) is 1.43. The Balaban J connectivity index is 1.97. The molecule has 0 aliphatic heterocycles. The summed E-state index contributed by atoms with van der Waals surface area (Å²) in [6.45, 7) is 1.90. The van der Waals surface area contributed by atoms with Crippen molar-refractivity contribution in [3.05, 3.63) is 42.4 Å². The average Bonchev–Trinajstić information content (AvgIpc) is 3.12. The van der Waals surface area contributed by atoms with Crippen LogP contribution in [-0.2, 0) is 11.3 Å². The average molecular weight is 302 g/mol. The highest BCUT2D eigenvalue weighted by molar-refractivity contribution is 7.22. The van der Waals surface area contributed by atoms with E-state index in [2.05, 4.69) is 4.98 Å². The van der Waals surface area contributed by atoms with Crippen molar-refractivity contribution in [1.29, 1.82) is 0 Å². The van der Waals surface area contributed by atoms with Crippen LogP contribution in [-0.4, -0.2) is 18.0 Å². The normalized spacial score (nSPS) is 10.8. The summed E-state index contributed by atoms with van der Waals surface area (Å²) in [5, 5.41) is 0.655. The molecule has 0 spiro atoms. The Kier molecular flexibility index (Phi) is 3.62. The number of carbonyl (C=O) groups is 1. The third-order valence-corrected chi connectivity index (χ3v) is 4.13. The van der Waals surface area contributed by atoms with Gasteiger partial charge >= 0.3 is 0 Å². The molecule has 0 saturated carbocycles. The number of ether oxygens (including phenoxy) is 1. The zero-order valence-electron chi connectivity index (χ0n) is 11.7. The van der Waals surface area contributed by atoms with E-state index in [1.165, 1.54) is 18.3 Å². The van der Waals surface area contributed by atoms with Gasteiger partial charge in [-0.1, -0.05) is 11.3 Å². The summed E-state index contributed by atoms with van der Waals surface area (Å²) >= 11 is 1.46. The maximum absolute atomic E-state index is 11.9. The van der Waals surface area contributed by atoms with Crippen LogP contribution in [0, 0.1) is 0 Å². The third-order valence-electron chi connectivity index (χ3n) is 3.09. The third kappa shape index (κ3) is 2.75. The minimum atomic E-state index is -0.0718. The van der Waals surface area contributed by atoms with Crippen LogP contribution in [0.3, 0.4) is 0 Å². The van der Waals surface area contributed by atoms with Gasteiger partial charge in [0.25, 0.3) is 0 Å². The van der Waals surface area contributed by atoms with Gasteiger partial charge in [0, 0.05) is 6.92 Å². The molecule has 0 saturated heterocycles. The van der Waals surface area contributed by atoms with Gasteiger partial charge in [-0.2, -0.15) is 0 Å². The lowest BCUT2D eigenvalue weighted by Gasteiger charge is -2.15. The first kappa shape index (κ1) is 13.6. The smallest absolute Gasteiger partial charge is 0.226 e. The molecule has 0 atom stereocenters. The van der Waals surface area contributed by atoms with Crippen LogP contribution in [0.4, 0.5) is 5.13 Å². The van der Waals surface area contributed by atoms with Crippen LogP contribution in [0.2, 0.25) is 0 Å². The number of hydrogen-bond acceptors (Lipinski definition) is 5. The molecule has 3 rings (SSSR count). The maximum atomic E-state index is 11.9. The highest BCUT2D eigenvalue weighted by atomic mass is 32.1. The van der Waals surface area contributed by atoms with Crippen molar-refractivity contribution >= 4 is 32.6 Å². The van der Waals surface area contributed by atoms with Crippen molar-refractivity contribution in [3.8, 4) is 5.75 Å². The first-order valence-corrected chi connectivity index (χ1v) is 7.24. The summed E-state index contributed by atoms with van der Waals surface area (Å²) in [6.07, 6.45) is 1.59. The van der Waals surface area contributed by atoms with Gasteiger partial charge in [-0.15, -0.1) is 0 Å². The molecule has 0 aliphatic carbocycles. The second kappa shape index (κ2) is 5.57. The van der Waals surface area contributed by atoms with E-state index in [0.29, 0.717) is 11.7 Å². The van der Waals surface area contributed by atoms with Crippen LogP contribution in [0.5, 0.6) is 5.75 Å². The Morgan fingerprint density at radius 2 is 2.29 bits per heavy atom. The van der Waals surface area contributed by atoms with E-state index < -0.39 is 0 Å². The maximum Gasteiger partial charge on any atom is 0.226 e. The van der Waals surface area contributed by atoms with Gasteiger partial charge in [0.1, 0.15) is 11.5 Å². The van der Waals surface area contributed by atoms with Gasteiger partial charge in [0.2, 0.25) is 5.91 Å². The van der Waals surface area contributed by atoms with Gasteiger partial charge in [-0.05, 0) is 30.3 Å². The first-order valence-electron chi connectivity index (χ1n) is 6.42. The second-order valence-electron chi connectivity index (χ2n) is 4.51. The van der Waals surface area contributed by atoms with Gasteiger partial charge in [0.15, 0.2) is 5.13 Å². The van der Waals surface area contributed by atoms with Crippen LogP contribution >= 0.6 is 11.3 Å². The molecule has 0 bridgehead atoms. The molecule has 3 aromatic rings. The molecule has 0 fully saturated rings. The lowest BCUT2D eigenvalue weighted by atomic mass is 10.3. The fourth-order valence-electron chi connectivity index (χ4n) is 2.01. The number of fused-ring (bicyclic) bond motifs is 1. The molecule has 21 heavy (non-hydrogen) atoms. The number of benzene rings is 1. The first-order chi connectivity index (χ1) is 10.2. The summed E-state index contributed by atoms with van der Waals surface area (Å²) in [5.41, 5.74) is 0.849. The zero-order valence-corrected chi connectivity index (χ0v) is 12.5. The zero-order chi connectivity index (χ0) is 14.8. The number of thiazole rings is 1.